The van der Waals surface area contributed by atoms with Crippen LogP contribution in [0.2, 0.25) is 0 Å². The molecular weight excluding hydrogens is 298 g/mol. The first-order valence-corrected chi connectivity index (χ1v) is 7.16. The first kappa shape index (κ1) is 16.4. The van der Waals surface area contributed by atoms with Gasteiger partial charge in [-0.3, -0.25) is 24.3 Å². The molecule has 0 aliphatic rings. The van der Waals surface area contributed by atoms with Gasteiger partial charge in [-0.05, 0) is 32.0 Å². The van der Waals surface area contributed by atoms with Gasteiger partial charge in [0.25, 0.3) is 0 Å². The van der Waals surface area contributed by atoms with E-state index < -0.39 is 16.2 Å². The fourth-order valence-corrected chi connectivity index (χ4v) is 2.33. The van der Waals surface area contributed by atoms with Crippen molar-refractivity contribution in [3.63, 3.8) is 0 Å². The summed E-state index contributed by atoms with van der Waals surface area (Å²) in [6.07, 6.45) is 0. The Morgan fingerprint density at radius 1 is 1.22 bits per heavy atom. The molecule has 0 saturated carbocycles. The van der Waals surface area contributed by atoms with Gasteiger partial charge in [-0.2, -0.15) is 0 Å². The summed E-state index contributed by atoms with van der Waals surface area (Å²) in [5.41, 5.74) is -0.0900. The van der Waals surface area contributed by atoms with Crippen molar-refractivity contribution in [3.8, 4) is 0 Å². The van der Waals surface area contributed by atoms with Crippen molar-refractivity contribution < 1.29 is 9.72 Å². The number of nitro groups is 1. The summed E-state index contributed by atoms with van der Waals surface area (Å²) in [4.78, 5) is 36.4. The number of anilines is 1. The van der Waals surface area contributed by atoms with Gasteiger partial charge in [0.2, 0.25) is 5.91 Å². The number of carbonyl (C=O) groups excluding carboxylic acids is 1. The van der Waals surface area contributed by atoms with Crippen molar-refractivity contribution in [1.82, 2.24) is 4.57 Å². The summed E-state index contributed by atoms with van der Waals surface area (Å²) < 4.78 is 1.13. The second-order valence-electron chi connectivity index (χ2n) is 4.98. The molecule has 1 aromatic heterocycles. The summed E-state index contributed by atoms with van der Waals surface area (Å²) in [6, 6.07) is 11.7. The minimum Gasteiger partial charge on any atom is -0.311 e. The van der Waals surface area contributed by atoms with E-state index in [1.807, 2.05) is 25.1 Å². The highest BCUT2D eigenvalue weighted by Gasteiger charge is 2.20. The number of pyridine rings is 1. The van der Waals surface area contributed by atoms with Gasteiger partial charge in [0, 0.05) is 24.0 Å². The molecule has 0 atom stereocenters. The number of rotatable bonds is 5. The predicted octanol–water partition coefficient (Wildman–Crippen LogP) is 2.12. The molecule has 2 aromatic rings. The van der Waals surface area contributed by atoms with E-state index in [2.05, 4.69) is 0 Å². The summed E-state index contributed by atoms with van der Waals surface area (Å²) in [7, 11) is 0. The normalized spacial score (nSPS) is 10.3. The monoisotopic (exact) mass is 315 g/mol. The van der Waals surface area contributed by atoms with Crippen molar-refractivity contribution in [3.05, 3.63) is 68.6 Å². The van der Waals surface area contributed by atoms with Crippen molar-refractivity contribution in [2.24, 2.45) is 0 Å². The average molecular weight is 315 g/mol. The number of hydrogen-bond acceptors (Lipinski definition) is 4. The highest BCUT2D eigenvalue weighted by atomic mass is 16.6. The first-order chi connectivity index (χ1) is 11.0. The molecule has 0 unspecified atom stereocenters. The highest BCUT2D eigenvalue weighted by Crippen LogP contribution is 2.14. The van der Waals surface area contributed by atoms with Crippen LogP contribution < -0.4 is 10.5 Å². The van der Waals surface area contributed by atoms with Crippen LogP contribution in [-0.4, -0.2) is 21.9 Å². The van der Waals surface area contributed by atoms with Crippen LogP contribution in [0.3, 0.4) is 0 Å². The number of benzene rings is 1. The van der Waals surface area contributed by atoms with Crippen LogP contribution in [0, 0.1) is 17.0 Å². The summed E-state index contributed by atoms with van der Waals surface area (Å²) >= 11 is 0. The average Bonchev–Trinajstić information content (AvgIpc) is 2.52. The third-order valence-electron chi connectivity index (χ3n) is 3.55. The maximum absolute atomic E-state index is 12.5. The van der Waals surface area contributed by atoms with E-state index in [-0.39, 0.29) is 12.5 Å². The molecule has 0 fully saturated rings. The fourth-order valence-electron chi connectivity index (χ4n) is 2.33. The first-order valence-electron chi connectivity index (χ1n) is 7.16. The van der Waals surface area contributed by atoms with Crippen LogP contribution >= 0.6 is 0 Å². The number of carbonyl (C=O) groups is 1. The largest absolute Gasteiger partial charge is 0.334 e. The van der Waals surface area contributed by atoms with E-state index in [1.54, 1.807) is 19.1 Å². The smallest absolute Gasteiger partial charge is 0.311 e. The highest BCUT2D eigenvalue weighted by molar-refractivity contribution is 5.93. The van der Waals surface area contributed by atoms with E-state index >= 15 is 0 Å². The van der Waals surface area contributed by atoms with Gasteiger partial charge in [0.15, 0.2) is 0 Å². The van der Waals surface area contributed by atoms with Crippen LogP contribution in [0.15, 0.2) is 47.3 Å². The number of aryl methyl sites for hydroxylation is 1. The molecular formula is C16H17N3O4. The molecule has 0 radical (unpaired) electrons. The lowest BCUT2D eigenvalue weighted by Crippen LogP contribution is -2.37. The summed E-state index contributed by atoms with van der Waals surface area (Å²) in [6.45, 7) is 3.66. The summed E-state index contributed by atoms with van der Waals surface area (Å²) in [5.74, 6) is -0.301. The standard InChI is InChI=1S/C16H17N3O4/c1-3-17(13-7-5-4-6-8-13)15(20)11-18-12(2)9-10-14(16(18)21)19(22)23/h4-10H,3,11H2,1-2H3. The van der Waals surface area contributed by atoms with Gasteiger partial charge in [0.05, 0.1) is 4.92 Å². The molecule has 7 heteroatoms. The van der Waals surface area contributed by atoms with Gasteiger partial charge in [-0.1, -0.05) is 18.2 Å². The maximum Gasteiger partial charge on any atom is 0.334 e. The van der Waals surface area contributed by atoms with Crippen molar-refractivity contribution >= 4 is 17.3 Å². The Morgan fingerprint density at radius 2 is 1.87 bits per heavy atom. The Hall–Kier alpha value is -2.96. The lowest BCUT2D eigenvalue weighted by atomic mass is 10.2. The number of likely N-dealkylation sites (N-methyl/N-ethyl adjacent to an activating group) is 1. The van der Waals surface area contributed by atoms with E-state index in [0.717, 1.165) is 16.3 Å². The Balaban J connectivity index is 2.35. The summed E-state index contributed by atoms with van der Waals surface area (Å²) in [5, 5.41) is 10.9. The lowest BCUT2D eigenvalue weighted by Gasteiger charge is -2.22. The van der Waals surface area contributed by atoms with E-state index in [0.29, 0.717) is 12.2 Å². The zero-order valence-electron chi connectivity index (χ0n) is 12.9. The van der Waals surface area contributed by atoms with Gasteiger partial charge in [-0.25, -0.2) is 0 Å². The topological polar surface area (TPSA) is 85.4 Å². The molecule has 23 heavy (non-hydrogen) atoms. The molecule has 7 nitrogen and oxygen atoms in total. The third kappa shape index (κ3) is 3.45. The number of amides is 1. The van der Waals surface area contributed by atoms with Gasteiger partial charge in [0.1, 0.15) is 6.54 Å². The Kier molecular flexibility index (Phi) is 4.90. The molecule has 0 spiro atoms. The molecule has 120 valence electrons. The van der Waals surface area contributed by atoms with Gasteiger partial charge >= 0.3 is 11.2 Å². The third-order valence-corrected chi connectivity index (χ3v) is 3.55. The predicted molar refractivity (Wildman–Crippen MR) is 86.6 cm³/mol. The number of hydrogen-bond donors (Lipinski definition) is 0. The fraction of sp³-hybridized carbons (Fsp3) is 0.250. The van der Waals surface area contributed by atoms with Crippen LogP contribution in [0.25, 0.3) is 0 Å². The zero-order valence-corrected chi connectivity index (χ0v) is 12.9. The van der Waals surface area contributed by atoms with Gasteiger partial charge in [-0.15, -0.1) is 0 Å². The van der Waals surface area contributed by atoms with E-state index in [1.165, 1.54) is 11.0 Å². The Bertz CT molecular complexity index is 784. The molecule has 1 heterocycles. The Labute approximate surface area is 132 Å². The van der Waals surface area contributed by atoms with Crippen LogP contribution in [-0.2, 0) is 11.3 Å². The molecule has 0 N–H and O–H groups in total. The second-order valence-corrected chi connectivity index (χ2v) is 4.98. The molecule has 1 amide bonds. The molecule has 2 rings (SSSR count). The second kappa shape index (κ2) is 6.87. The molecule has 0 aliphatic heterocycles. The molecule has 0 saturated heterocycles. The number of aromatic nitrogens is 1. The maximum atomic E-state index is 12.5. The van der Waals surface area contributed by atoms with Crippen molar-refractivity contribution in [2.45, 2.75) is 20.4 Å². The minimum absolute atomic E-state index is 0.241. The number of para-hydroxylation sites is 1. The SMILES string of the molecule is CCN(C(=O)Cn1c(C)ccc([N+](=O)[O-])c1=O)c1ccccc1. The lowest BCUT2D eigenvalue weighted by molar-refractivity contribution is -0.386. The molecule has 0 aliphatic carbocycles. The van der Waals surface area contributed by atoms with E-state index in [9.17, 15) is 19.7 Å². The quantitative estimate of drug-likeness (QED) is 0.625. The minimum atomic E-state index is -0.771. The molecule has 0 bridgehead atoms. The van der Waals surface area contributed by atoms with Crippen LogP contribution in [0.5, 0.6) is 0 Å². The van der Waals surface area contributed by atoms with Crippen LogP contribution in [0.4, 0.5) is 11.4 Å². The van der Waals surface area contributed by atoms with Crippen molar-refractivity contribution in [2.75, 3.05) is 11.4 Å². The zero-order chi connectivity index (χ0) is 17.0. The number of nitrogens with zero attached hydrogens (tertiary/aromatic N) is 3. The van der Waals surface area contributed by atoms with Crippen LogP contribution in [0.1, 0.15) is 12.6 Å². The molecule has 1 aromatic carbocycles. The van der Waals surface area contributed by atoms with E-state index in [4.69, 9.17) is 0 Å². The van der Waals surface area contributed by atoms with Crippen molar-refractivity contribution in [1.29, 1.82) is 0 Å². The Morgan fingerprint density at radius 3 is 2.43 bits per heavy atom. The van der Waals surface area contributed by atoms with Gasteiger partial charge < -0.3 is 4.90 Å².